The van der Waals surface area contributed by atoms with Crippen LogP contribution in [0.2, 0.25) is 5.02 Å². The van der Waals surface area contributed by atoms with E-state index in [-0.39, 0.29) is 10.8 Å². The van der Waals surface area contributed by atoms with Crippen molar-refractivity contribution in [2.45, 2.75) is 0 Å². The molecule has 0 atom stereocenters. The first-order valence-corrected chi connectivity index (χ1v) is 5.98. The van der Waals surface area contributed by atoms with Gasteiger partial charge in [0.2, 0.25) is 5.75 Å². The number of benzene rings is 2. The van der Waals surface area contributed by atoms with Crippen LogP contribution in [-0.4, -0.2) is 12.0 Å². The predicted molar refractivity (Wildman–Crippen MR) is 74.1 cm³/mol. The van der Waals surface area contributed by atoms with E-state index in [4.69, 9.17) is 16.3 Å². The zero-order valence-electron chi connectivity index (χ0n) is 10.4. The highest BCUT2D eigenvalue weighted by Crippen LogP contribution is 2.35. The fraction of sp³-hybridized carbons (Fsp3) is 0.0769. The van der Waals surface area contributed by atoms with E-state index in [0.717, 1.165) is 17.8 Å². The van der Waals surface area contributed by atoms with Gasteiger partial charge >= 0.3 is 5.69 Å². The summed E-state index contributed by atoms with van der Waals surface area (Å²) in [6, 6.07) is 8.57. The lowest BCUT2D eigenvalue weighted by molar-refractivity contribution is -0.385. The molecule has 0 heterocycles. The third-order valence-corrected chi connectivity index (χ3v) is 2.86. The normalized spacial score (nSPS) is 10.2. The Morgan fingerprint density at radius 1 is 1.30 bits per heavy atom. The standard InChI is InChI=1S/C13H10ClFN2O3/c1-16-8-2-4-9(5-3-8)20-13-6-10(14)11(15)7-12(13)17(18)19/h2-7,16H,1H3. The SMILES string of the molecule is CNc1ccc(Oc2cc(Cl)c(F)cc2[N+](=O)[O-])cc1. The lowest BCUT2D eigenvalue weighted by Gasteiger charge is -2.08. The van der Waals surface area contributed by atoms with Gasteiger partial charge in [-0.3, -0.25) is 10.1 Å². The lowest BCUT2D eigenvalue weighted by Crippen LogP contribution is -1.95. The van der Waals surface area contributed by atoms with Crippen LogP contribution in [-0.2, 0) is 0 Å². The molecule has 0 aliphatic rings. The fourth-order valence-corrected chi connectivity index (χ4v) is 1.71. The summed E-state index contributed by atoms with van der Waals surface area (Å²) in [6.45, 7) is 0. The largest absolute Gasteiger partial charge is 0.450 e. The summed E-state index contributed by atoms with van der Waals surface area (Å²) in [7, 11) is 1.76. The Balaban J connectivity index is 2.36. The zero-order chi connectivity index (χ0) is 14.7. The van der Waals surface area contributed by atoms with Crippen molar-refractivity contribution in [3.63, 3.8) is 0 Å². The third kappa shape index (κ3) is 2.97. The minimum atomic E-state index is -0.865. The molecule has 2 aromatic rings. The van der Waals surface area contributed by atoms with E-state index in [1.807, 2.05) is 0 Å². The Morgan fingerprint density at radius 2 is 1.95 bits per heavy atom. The van der Waals surface area contributed by atoms with Crippen molar-refractivity contribution in [2.24, 2.45) is 0 Å². The summed E-state index contributed by atoms with van der Waals surface area (Å²) in [4.78, 5) is 10.2. The topological polar surface area (TPSA) is 64.4 Å². The highest BCUT2D eigenvalue weighted by Gasteiger charge is 2.19. The minimum Gasteiger partial charge on any atom is -0.450 e. The number of halogens is 2. The molecule has 0 aliphatic carbocycles. The summed E-state index contributed by atoms with van der Waals surface area (Å²) in [5, 5.41) is 13.6. The summed E-state index contributed by atoms with van der Waals surface area (Å²) in [5.41, 5.74) is 0.383. The molecule has 0 saturated heterocycles. The number of ether oxygens (including phenoxy) is 1. The Morgan fingerprint density at radius 3 is 2.50 bits per heavy atom. The van der Waals surface area contributed by atoms with Crippen molar-refractivity contribution in [2.75, 3.05) is 12.4 Å². The fourth-order valence-electron chi connectivity index (χ4n) is 1.56. The van der Waals surface area contributed by atoms with Crippen molar-refractivity contribution >= 4 is 23.0 Å². The van der Waals surface area contributed by atoms with Crippen LogP contribution in [0, 0.1) is 15.9 Å². The van der Waals surface area contributed by atoms with Crippen LogP contribution in [0.25, 0.3) is 0 Å². The van der Waals surface area contributed by atoms with Gasteiger partial charge in [0.1, 0.15) is 11.6 Å². The van der Waals surface area contributed by atoms with Crippen LogP contribution in [0.15, 0.2) is 36.4 Å². The van der Waals surface area contributed by atoms with Gasteiger partial charge in [-0.05, 0) is 24.3 Å². The van der Waals surface area contributed by atoms with Crippen LogP contribution in [0.3, 0.4) is 0 Å². The van der Waals surface area contributed by atoms with Gasteiger partial charge in [0.05, 0.1) is 16.0 Å². The van der Waals surface area contributed by atoms with Crippen molar-refractivity contribution in [1.82, 2.24) is 0 Å². The predicted octanol–water partition coefficient (Wildman–Crippen LogP) is 4.22. The van der Waals surface area contributed by atoms with Crippen molar-refractivity contribution in [1.29, 1.82) is 0 Å². The molecule has 2 aromatic carbocycles. The van der Waals surface area contributed by atoms with E-state index < -0.39 is 16.4 Å². The number of nitrogens with zero attached hydrogens (tertiary/aromatic N) is 1. The first-order chi connectivity index (χ1) is 9.51. The van der Waals surface area contributed by atoms with E-state index in [9.17, 15) is 14.5 Å². The molecule has 0 amide bonds. The molecule has 0 radical (unpaired) electrons. The van der Waals surface area contributed by atoms with Crippen LogP contribution >= 0.6 is 11.6 Å². The third-order valence-electron chi connectivity index (χ3n) is 2.57. The molecule has 7 heteroatoms. The Hall–Kier alpha value is -2.34. The first kappa shape index (κ1) is 14.1. The number of rotatable bonds is 4. The molecule has 2 rings (SSSR count). The quantitative estimate of drug-likeness (QED) is 0.677. The molecular formula is C13H10ClFN2O3. The lowest BCUT2D eigenvalue weighted by atomic mass is 10.2. The maximum Gasteiger partial charge on any atom is 0.314 e. The molecule has 0 saturated carbocycles. The molecule has 0 bridgehead atoms. The number of nitro groups is 1. The zero-order valence-corrected chi connectivity index (χ0v) is 11.1. The minimum absolute atomic E-state index is 0.112. The van der Waals surface area contributed by atoms with Crippen LogP contribution in [0.5, 0.6) is 11.5 Å². The van der Waals surface area contributed by atoms with E-state index in [1.165, 1.54) is 0 Å². The van der Waals surface area contributed by atoms with Gasteiger partial charge in [0, 0.05) is 18.8 Å². The second-order valence-electron chi connectivity index (χ2n) is 3.87. The summed E-state index contributed by atoms with van der Waals surface area (Å²) in [6.07, 6.45) is 0. The van der Waals surface area contributed by atoms with E-state index in [2.05, 4.69) is 5.32 Å². The summed E-state index contributed by atoms with van der Waals surface area (Å²) in [5.74, 6) is -0.593. The van der Waals surface area contributed by atoms with Gasteiger partial charge in [-0.1, -0.05) is 11.6 Å². The summed E-state index contributed by atoms with van der Waals surface area (Å²) < 4.78 is 18.6. The molecule has 104 valence electrons. The molecule has 0 spiro atoms. The monoisotopic (exact) mass is 296 g/mol. The molecule has 0 aromatic heterocycles. The second kappa shape index (κ2) is 5.75. The van der Waals surface area contributed by atoms with E-state index in [1.54, 1.807) is 31.3 Å². The van der Waals surface area contributed by atoms with E-state index in [0.29, 0.717) is 5.75 Å². The maximum absolute atomic E-state index is 13.3. The average molecular weight is 297 g/mol. The maximum atomic E-state index is 13.3. The highest BCUT2D eigenvalue weighted by atomic mass is 35.5. The van der Waals surface area contributed by atoms with Crippen LogP contribution < -0.4 is 10.1 Å². The molecule has 20 heavy (non-hydrogen) atoms. The van der Waals surface area contributed by atoms with Gasteiger partial charge < -0.3 is 10.1 Å². The van der Waals surface area contributed by atoms with Gasteiger partial charge in [-0.2, -0.15) is 0 Å². The number of nitrogens with one attached hydrogen (secondary N) is 1. The van der Waals surface area contributed by atoms with Crippen molar-refractivity contribution in [3.05, 3.63) is 57.4 Å². The van der Waals surface area contributed by atoms with Gasteiger partial charge in [0.15, 0.2) is 0 Å². The van der Waals surface area contributed by atoms with Crippen molar-refractivity contribution in [3.8, 4) is 11.5 Å². The molecule has 0 aliphatic heterocycles. The number of hydrogen-bond acceptors (Lipinski definition) is 4. The highest BCUT2D eigenvalue weighted by molar-refractivity contribution is 6.31. The number of hydrogen-bond donors (Lipinski definition) is 1. The second-order valence-corrected chi connectivity index (χ2v) is 4.27. The molecule has 5 nitrogen and oxygen atoms in total. The van der Waals surface area contributed by atoms with Crippen molar-refractivity contribution < 1.29 is 14.1 Å². The molecule has 0 unspecified atom stereocenters. The molecular weight excluding hydrogens is 287 g/mol. The Bertz CT molecular complexity index is 647. The van der Waals surface area contributed by atoms with Gasteiger partial charge in [-0.15, -0.1) is 0 Å². The van der Waals surface area contributed by atoms with Gasteiger partial charge in [0.25, 0.3) is 0 Å². The average Bonchev–Trinajstić information content (AvgIpc) is 2.43. The van der Waals surface area contributed by atoms with Crippen LogP contribution in [0.4, 0.5) is 15.8 Å². The first-order valence-electron chi connectivity index (χ1n) is 5.60. The molecule has 1 N–H and O–H groups in total. The van der Waals surface area contributed by atoms with Crippen LogP contribution in [0.1, 0.15) is 0 Å². The Kier molecular flexibility index (Phi) is 4.05. The number of anilines is 1. The van der Waals surface area contributed by atoms with Gasteiger partial charge in [-0.25, -0.2) is 4.39 Å². The van der Waals surface area contributed by atoms with E-state index >= 15 is 0 Å². The summed E-state index contributed by atoms with van der Waals surface area (Å²) >= 11 is 5.62. The number of nitro benzene ring substituents is 1. The molecule has 0 fully saturated rings. The smallest absolute Gasteiger partial charge is 0.314 e. The Labute approximate surface area is 119 Å².